The fraction of sp³-hybridized carbons (Fsp3) is 0.300. The predicted octanol–water partition coefficient (Wildman–Crippen LogP) is 0.675. The molecule has 0 aliphatic carbocycles. The van der Waals surface area contributed by atoms with Gasteiger partial charge < -0.3 is 0 Å². The molecule has 94 valence electrons. The van der Waals surface area contributed by atoms with Crippen molar-refractivity contribution < 1.29 is 4.79 Å². The molecule has 0 aromatic carbocycles. The van der Waals surface area contributed by atoms with Gasteiger partial charge in [0.15, 0.2) is 0 Å². The van der Waals surface area contributed by atoms with Gasteiger partial charge in [-0.05, 0) is 19.9 Å². The number of carbonyl (C=O) groups is 1. The monoisotopic (exact) mass is 265 g/mol. The van der Waals surface area contributed by atoms with E-state index in [0.29, 0.717) is 11.7 Å². The van der Waals surface area contributed by atoms with Crippen LogP contribution in [-0.2, 0) is 6.54 Å². The topological polar surface area (TPSA) is 89.8 Å². The molecule has 0 fully saturated rings. The molecule has 0 spiro atoms. The molecule has 0 radical (unpaired) electrons. The molecule has 0 bridgehead atoms. The summed E-state index contributed by atoms with van der Waals surface area (Å²) in [6.07, 6.45) is 0. The third kappa shape index (κ3) is 2.59. The maximum atomic E-state index is 11.9. The Hall–Kier alpha value is -2.09. The third-order valence-corrected chi connectivity index (χ3v) is 2.90. The molecule has 0 atom stereocenters. The summed E-state index contributed by atoms with van der Waals surface area (Å²) in [5.74, 6) is -0.409. The first-order valence-corrected chi connectivity index (χ1v) is 6.11. The molecule has 0 unspecified atom stereocenters. The number of anilines is 1. The SMILES string of the molecule is CCn1nc(C(=O)Nc2nnc(C)s2)ccc1=O. The third-order valence-electron chi connectivity index (χ3n) is 2.15. The highest BCUT2D eigenvalue weighted by molar-refractivity contribution is 7.15. The Morgan fingerprint density at radius 1 is 1.44 bits per heavy atom. The van der Waals surface area contributed by atoms with Gasteiger partial charge in [0.2, 0.25) is 5.13 Å². The molecule has 18 heavy (non-hydrogen) atoms. The largest absolute Gasteiger partial charge is 0.295 e. The quantitative estimate of drug-likeness (QED) is 0.881. The van der Waals surface area contributed by atoms with Crippen molar-refractivity contribution in [2.24, 2.45) is 0 Å². The van der Waals surface area contributed by atoms with E-state index >= 15 is 0 Å². The lowest BCUT2D eigenvalue weighted by Gasteiger charge is -2.03. The predicted molar refractivity (Wildman–Crippen MR) is 66.8 cm³/mol. The summed E-state index contributed by atoms with van der Waals surface area (Å²) in [5.41, 5.74) is -0.0647. The minimum Gasteiger partial charge on any atom is -0.295 e. The molecule has 1 amide bonds. The van der Waals surface area contributed by atoms with Crippen molar-refractivity contribution in [2.75, 3.05) is 5.32 Å². The molecule has 2 heterocycles. The molecule has 1 N–H and O–H groups in total. The van der Waals surface area contributed by atoms with E-state index in [2.05, 4.69) is 20.6 Å². The van der Waals surface area contributed by atoms with E-state index in [1.165, 1.54) is 28.2 Å². The number of amides is 1. The molecular weight excluding hydrogens is 254 g/mol. The van der Waals surface area contributed by atoms with Crippen LogP contribution in [0.25, 0.3) is 0 Å². The molecule has 0 saturated carbocycles. The molecule has 0 aliphatic rings. The molecule has 8 heteroatoms. The van der Waals surface area contributed by atoms with E-state index in [1.54, 1.807) is 13.8 Å². The number of aryl methyl sites for hydroxylation is 2. The van der Waals surface area contributed by atoms with Crippen LogP contribution in [0.1, 0.15) is 22.4 Å². The molecule has 0 saturated heterocycles. The number of hydrogen-bond acceptors (Lipinski definition) is 6. The van der Waals surface area contributed by atoms with E-state index in [-0.39, 0.29) is 11.3 Å². The highest BCUT2D eigenvalue weighted by Crippen LogP contribution is 2.14. The van der Waals surface area contributed by atoms with E-state index in [9.17, 15) is 9.59 Å². The van der Waals surface area contributed by atoms with Crippen molar-refractivity contribution in [3.05, 3.63) is 33.2 Å². The number of hydrogen-bond donors (Lipinski definition) is 1. The lowest BCUT2D eigenvalue weighted by molar-refractivity contribution is 0.102. The highest BCUT2D eigenvalue weighted by Gasteiger charge is 2.11. The van der Waals surface area contributed by atoms with Gasteiger partial charge in [-0.25, -0.2) is 4.68 Å². The van der Waals surface area contributed by atoms with Crippen LogP contribution in [0, 0.1) is 6.92 Å². The van der Waals surface area contributed by atoms with Crippen molar-refractivity contribution in [3.8, 4) is 0 Å². The second-order valence-corrected chi connectivity index (χ2v) is 4.63. The van der Waals surface area contributed by atoms with Crippen molar-refractivity contribution in [3.63, 3.8) is 0 Å². The van der Waals surface area contributed by atoms with Crippen LogP contribution in [0.2, 0.25) is 0 Å². The van der Waals surface area contributed by atoms with E-state index in [0.717, 1.165) is 5.01 Å². The molecule has 2 rings (SSSR count). The molecule has 0 aliphatic heterocycles. The summed E-state index contributed by atoms with van der Waals surface area (Å²) in [4.78, 5) is 23.2. The summed E-state index contributed by atoms with van der Waals surface area (Å²) < 4.78 is 1.22. The summed E-state index contributed by atoms with van der Waals surface area (Å²) in [5, 5.41) is 15.3. The Morgan fingerprint density at radius 3 is 2.83 bits per heavy atom. The van der Waals surface area contributed by atoms with Crippen LogP contribution < -0.4 is 10.9 Å². The first-order valence-electron chi connectivity index (χ1n) is 5.29. The van der Waals surface area contributed by atoms with Gasteiger partial charge in [0, 0.05) is 12.6 Å². The highest BCUT2D eigenvalue weighted by atomic mass is 32.1. The maximum absolute atomic E-state index is 11.9. The van der Waals surface area contributed by atoms with Crippen molar-refractivity contribution in [1.29, 1.82) is 0 Å². The maximum Gasteiger partial charge on any atom is 0.277 e. The van der Waals surface area contributed by atoms with Gasteiger partial charge in [-0.15, -0.1) is 10.2 Å². The van der Waals surface area contributed by atoms with Gasteiger partial charge in [-0.2, -0.15) is 5.10 Å². The fourth-order valence-electron chi connectivity index (χ4n) is 1.30. The summed E-state index contributed by atoms with van der Waals surface area (Å²) in [6.45, 7) is 3.99. The van der Waals surface area contributed by atoms with Gasteiger partial charge in [0.1, 0.15) is 10.7 Å². The Labute approximate surface area is 106 Å². The lowest BCUT2D eigenvalue weighted by atomic mass is 10.3. The van der Waals surface area contributed by atoms with Crippen LogP contribution in [0.4, 0.5) is 5.13 Å². The lowest BCUT2D eigenvalue weighted by Crippen LogP contribution is -2.25. The van der Waals surface area contributed by atoms with Crippen LogP contribution in [-0.4, -0.2) is 25.9 Å². The molecular formula is C10H11N5O2S. The smallest absolute Gasteiger partial charge is 0.277 e. The van der Waals surface area contributed by atoms with E-state index < -0.39 is 5.91 Å². The van der Waals surface area contributed by atoms with Crippen LogP contribution in [0.5, 0.6) is 0 Å². The zero-order chi connectivity index (χ0) is 13.1. The standard InChI is InChI=1S/C10H11N5O2S/c1-3-15-8(16)5-4-7(14-15)9(17)11-10-13-12-6(2)18-10/h4-5H,3H2,1-2H3,(H,11,13,17). The van der Waals surface area contributed by atoms with E-state index in [4.69, 9.17) is 0 Å². The second kappa shape index (κ2) is 5.05. The Kier molecular flexibility index (Phi) is 3.47. The van der Waals surface area contributed by atoms with E-state index in [1.807, 2.05) is 0 Å². The van der Waals surface area contributed by atoms with Gasteiger partial charge in [-0.3, -0.25) is 14.9 Å². The van der Waals surface area contributed by atoms with Crippen molar-refractivity contribution >= 4 is 22.4 Å². The first kappa shape index (κ1) is 12.4. The summed E-state index contributed by atoms with van der Waals surface area (Å²) >= 11 is 1.27. The zero-order valence-electron chi connectivity index (χ0n) is 9.88. The number of nitrogens with one attached hydrogen (secondary N) is 1. The number of rotatable bonds is 3. The van der Waals surface area contributed by atoms with Crippen LogP contribution >= 0.6 is 11.3 Å². The minimum absolute atomic E-state index is 0.171. The van der Waals surface area contributed by atoms with Crippen molar-refractivity contribution in [2.45, 2.75) is 20.4 Å². The van der Waals surface area contributed by atoms with Crippen molar-refractivity contribution in [1.82, 2.24) is 20.0 Å². The Bertz CT molecular complexity index is 633. The van der Waals surface area contributed by atoms with Gasteiger partial charge in [-0.1, -0.05) is 11.3 Å². The fourth-order valence-corrected chi connectivity index (χ4v) is 1.89. The molecule has 2 aromatic heterocycles. The Morgan fingerprint density at radius 2 is 2.22 bits per heavy atom. The van der Waals surface area contributed by atoms with Gasteiger partial charge in [0.05, 0.1) is 0 Å². The summed E-state index contributed by atoms with van der Waals surface area (Å²) in [7, 11) is 0. The minimum atomic E-state index is -0.409. The van der Waals surface area contributed by atoms with Gasteiger partial charge >= 0.3 is 0 Å². The molecule has 2 aromatic rings. The summed E-state index contributed by atoms with van der Waals surface area (Å²) in [6, 6.07) is 2.70. The zero-order valence-corrected chi connectivity index (χ0v) is 10.7. The second-order valence-electron chi connectivity index (χ2n) is 3.45. The Balaban J connectivity index is 2.21. The van der Waals surface area contributed by atoms with Crippen LogP contribution in [0.3, 0.4) is 0 Å². The molecule has 7 nitrogen and oxygen atoms in total. The first-order chi connectivity index (χ1) is 8.60. The van der Waals surface area contributed by atoms with Crippen LogP contribution in [0.15, 0.2) is 16.9 Å². The average Bonchev–Trinajstić information content (AvgIpc) is 2.75. The number of nitrogens with zero attached hydrogens (tertiary/aromatic N) is 4. The number of carbonyl (C=O) groups excluding carboxylic acids is 1. The van der Waals surface area contributed by atoms with Gasteiger partial charge in [0.25, 0.3) is 11.5 Å². The normalized spacial score (nSPS) is 10.3. The number of aromatic nitrogens is 4. The average molecular weight is 265 g/mol.